The summed E-state index contributed by atoms with van der Waals surface area (Å²) in [4.78, 5) is 28.3. The molecule has 0 spiro atoms. The molecule has 1 aromatic rings. The number of rotatable bonds is 4. The lowest BCUT2D eigenvalue weighted by atomic mass is 10.3. The molecular weight excluding hydrogens is 234 g/mol. The highest BCUT2D eigenvalue weighted by molar-refractivity contribution is 5.82. The van der Waals surface area contributed by atoms with Crippen molar-refractivity contribution in [2.45, 2.75) is 13.0 Å². The minimum atomic E-state index is -0.419. The Morgan fingerprint density at radius 1 is 1.56 bits per heavy atom. The fourth-order valence-corrected chi connectivity index (χ4v) is 1.67. The van der Waals surface area contributed by atoms with Gasteiger partial charge in [-0.05, 0) is 18.1 Å². The predicted molar refractivity (Wildman–Crippen MR) is 63.6 cm³/mol. The highest BCUT2D eigenvalue weighted by Gasteiger charge is 2.21. The van der Waals surface area contributed by atoms with Gasteiger partial charge in [0.05, 0.1) is 6.61 Å². The van der Waals surface area contributed by atoms with Crippen LogP contribution in [0.2, 0.25) is 0 Å². The second kappa shape index (κ2) is 6.00. The Bertz CT molecular complexity index is 422. The molecule has 2 heterocycles. The van der Waals surface area contributed by atoms with Gasteiger partial charge in [-0.2, -0.15) is 0 Å². The summed E-state index contributed by atoms with van der Waals surface area (Å²) in [6.07, 6.45) is 3.71. The third-order valence-electron chi connectivity index (χ3n) is 2.60. The number of hydrogen-bond donors (Lipinski definition) is 1. The summed E-state index contributed by atoms with van der Waals surface area (Å²) >= 11 is 0. The quantitative estimate of drug-likeness (QED) is 0.845. The molecule has 2 amide bonds. The zero-order valence-corrected chi connectivity index (χ0v) is 9.96. The molecule has 2 rings (SSSR count). The summed E-state index contributed by atoms with van der Waals surface area (Å²) < 4.78 is 4.85. The van der Waals surface area contributed by atoms with E-state index < -0.39 is 6.09 Å². The standard InChI is InChI=1S/C12H15N3O3/c16-11(9-15-5-2-6-18-12(15)17)14-8-10-3-1-4-13-7-10/h1,3-4,7H,2,5-6,8-9H2,(H,14,16). The normalized spacial score (nSPS) is 15.1. The third kappa shape index (κ3) is 3.44. The van der Waals surface area contributed by atoms with E-state index in [0.717, 1.165) is 12.0 Å². The van der Waals surface area contributed by atoms with Crippen LogP contribution in [-0.2, 0) is 16.1 Å². The van der Waals surface area contributed by atoms with E-state index >= 15 is 0 Å². The molecule has 6 nitrogen and oxygen atoms in total. The van der Waals surface area contributed by atoms with Crippen molar-refractivity contribution in [2.24, 2.45) is 0 Å². The second-order valence-electron chi connectivity index (χ2n) is 4.03. The Balaban J connectivity index is 1.76. The van der Waals surface area contributed by atoms with Gasteiger partial charge < -0.3 is 10.1 Å². The van der Waals surface area contributed by atoms with Crippen LogP contribution in [-0.4, -0.2) is 41.6 Å². The second-order valence-corrected chi connectivity index (χ2v) is 4.03. The zero-order valence-electron chi connectivity index (χ0n) is 9.96. The van der Waals surface area contributed by atoms with Crippen LogP contribution in [0.3, 0.4) is 0 Å². The number of nitrogens with zero attached hydrogens (tertiary/aromatic N) is 2. The number of nitrogens with one attached hydrogen (secondary N) is 1. The number of pyridine rings is 1. The van der Waals surface area contributed by atoms with Crippen molar-refractivity contribution in [1.29, 1.82) is 0 Å². The first-order chi connectivity index (χ1) is 8.75. The Morgan fingerprint density at radius 3 is 3.17 bits per heavy atom. The van der Waals surface area contributed by atoms with E-state index in [1.807, 2.05) is 12.1 Å². The molecule has 0 unspecified atom stereocenters. The molecule has 96 valence electrons. The van der Waals surface area contributed by atoms with Crippen LogP contribution in [0, 0.1) is 0 Å². The minimum absolute atomic E-state index is 0.0408. The highest BCUT2D eigenvalue weighted by atomic mass is 16.6. The first kappa shape index (κ1) is 12.3. The van der Waals surface area contributed by atoms with Gasteiger partial charge in [-0.3, -0.25) is 14.7 Å². The van der Waals surface area contributed by atoms with Crippen LogP contribution in [0.15, 0.2) is 24.5 Å². The summed E-state index contributed by atoms with van der Waals surface area (Å²) in [5.74, 6) is -0.197. The Labute approximate surface area is 105 Å². The minimum Gasteiger partial charge on any atom is -0.449 e. The van der Waals surface area contributed by atoms with Crippen LogP contribution >= 0.6 is 0 Å². The Hall–Kier alpha value is -2.11. The molecule has 1 aromatic heterocycles. The number of hydrogen-bond acceptors (Lipinski definition) is 4. The van der Waals surface area contributed by atoms with Gasteiger partial charge >= 0.3 is 6.09 Å². The average Bonchev–Trinajstić information content (AvgIpc) is 2.40. The molecular formula is C12H15N3O3. The van der Waals surface area contributed by atoms with E-state index in [9.17, 15) is 9.59 Å². The first-order valence-electron chi connectivity index (χ1n) is 5.83. The highest BCUT2D eigenvalue weighted by Crippen LogP contribution is 2.03. The van der Waals surface area contributed by atoms with Crippen molar-refractivity contribution >= 4 is 12.0 Å². The number of aromatic nitrogens is 1. The fraction of sp³-hybridized carbons (Fsp3) is 0.417. The monoisotopic (exact) mass is 249 g/mol. The van der Waals surface area contributed by atoms with E-state index in [4.69, 9.17) is 4.74 Å². The number of ether oxygens (including phenoxy) is 1. The Kier molecular flexibility index (Phi) is 4.11. The lowest BCUT2D eigenvalue weighted by molar-refractivity contribution is -0.122. The van der Waals surface area contributed by atoms with Gasteiger partial charge in [0.25, 0.3) is 0 Å². The molecule has 0 aliphatic carbocycles. The summed E-state index contributed by atoms with van der Waals surface area (Å²) in [7, 11) is 0. The summed E-state index contributed by atoms with van der Waals surface area (Å²) in [5.41, 5.74) is 0.923. The zero-order chi connectivity index (χ0) is 12.8. The van der Waals surface area contributed by atoms with Gasteiger partial charge in [-0.15, -0.1) is 0 Å². The Morgan fingerprint density at radius 2 is 2.44 bits per heavy atom. The van der Waals surface area contributed by atoms with Gasteiger partial charge in [-0.25, -0.2) is 4.79 Å². The molecule has 0 radical (unpaired) electrons. The molecule has 0 saturated carbocycles. The number of carbonyl (C=O) groups is 2. The van der Waals surface area contributed by atoms with Crippen LogP contribution < -0.4 is 5.32 Å². The van der Waals surface area contributed by atoms with Crippen molar-refractivity contribution in [3.05, 3.63) is 30.1 Å². The van der Waals surface area contributed by atoms with Crippen molar-refractivity contribution in [2.75, 3.05) is 19.7 Å². The maximum Gasteiger partial charge on any atom is 0.410 e. The molecule has 1 fully saturated rings. The molecule has 0 atom stereocenters. The number of amides is 2. The van der Waals surface area contributed by atoms with Crippen LogP contribution in [0.1, 0.15) is 12.0 Å². The molecule has 6 heteroatoms. The summed E-state index contributed by atoms with van der Waals surface area (Å²) in [6.45, 7) is 1.46. The average molecular weight is 249 g/mol. The van der Waals surface area contributed by atoms with Crippen LogP contribution in [0.25, 0.3) is 0 Å². The van der Waals surface area contributed by atoms with Crippen LogP contribution in [0.4, 0.5) is 4.79 Å². The maximum absolute atomic E-state index is 11.6. The molecule has 0 bridgehead atoms. The van der Waals surface area contributed by atoms with Gasteiger partial charge in [0.2, 0.25) is 5.91 Å². The van der Waals surface area contributed by atoms with Crippen molar-refractivity contribution < 1.29 is 14.3 Å². The smallest absolute Gasteiger partial charge is 0.410 e. The maximum atomic E-state index is 11.6. The fourth-order valence-electron chi connectivity index (χ4n) is 1.67. The van der Waals surface area contributed by atoms with Gasteiger partial charge in [-0.1, -0.05) is 6.07 Å². The van der Waals surface area contributed by atoms with Gasteiger partial charge in [0.1, 0.15) is 6.54 Å². The van der Waals surface area contributed by atoms with Crippen molar-refractivity contribution in [3.63, 3.8) is 0 Å². The van der Waals surface area contributed by atoms with Gasteiger partial charge in [0.15, 0.2) is 0 Å². The molecule has 18 heavy (non-hydrogen) atoms. The summed E-state index contributed by atoms with van der Waals surface area (Å²) in [6, 6.07) is 3.69. The molecule has 1 saturated heterocycles. The first-order valence-corrected chi connectivity index (χ1v) is 5.83. The van der Waals surface area contributed by atoms with Crippen LogP contribution in [0.5, 0.6) is 0 Å². The van der Waals surface area contributed by atoms with Crippen molar-refractivity contribution in [3.8, 4) is 0 Å². The van der Waals surface area contributed by atoms with E-state index in [-0.39, 0.29) is 12.5 Å². The number of cyclic esters (lactones) is 1. The topological polar surface area (TPSA) is 71.5 Å². The third-order valence-corrected chi connectivity index (χ3v) is 2.60. The SMILES string of the molecule is O=C(CN1CCCOC1=O)NCc1cccnc1. The van der Waals surface area contributed by atoms with Gasteiger partial charge in [0, 0.05) is 25.5 Å². The van der Waals surface area contributed by atoms with E-state index in [1.54, 1.807) is 12.4 Å². The van der Waals surface area contributed by atoms with E-state index in [0.29, 0.717) is 19.7 Å². The van der Waals surface area contributed by atoms with Crippen molar-refractivity contribution in [1.82, 2.24) is 15.2 Å². The van der Waals surface area contributed by atoms with E-state index in [1.165, 1.54) is 4.90 Å². The lowest BCUT2D eigenvalue weighted by Crippen LogP contribution is -2.44. The molecule has 1 aliphatic heterocycles. The molecule has 1 N–H and O–H groups in total. The molecule has 0 aromatic carbocycles. The molecule has 1 aliphatic rings. The number of carbonyl (C=O) groups excluding carboxylic acids is 2. The van der Waals surface area contributed by atoms with E-state index in [2.05, 4.69) is 10.3 Å². The summed E-state index contributed by atoms with van der Waals surface area (Å²) in [5, 5.41) is 2.74. The lowest BCUT2D eigenvalue weighted by Gasteiger charge is -2.25. The largest absolute Gasteiger partial charge is 0.449 e. The predicted octanol–water partition coefficient (Wildman–Crippen LogP) is 0.540.